The minimum Gasteiger partial charge on any atom is -0.432 e. The van der Waals surface area contributed by atoms with Gasteiger partial charge in [0.25, 0.3) is 0 Å². The predicted octanol–water partition coefficient (Wildman–Crippen LogP) is 5.56. The van der Waals surface area contributed by atoms with E-state index in [4.69, 9.17) is 9.47 Å². The zero-order valence-electron chi connectivity index (χ0n) is 14.3. The predicted molar refractivity (Wildman–Crippen MR) is 85.5 cm³/mol. The second-order valence-electron chi connectivity index (χ2n) is 7.41. The molecule has 2 atom stereocenters. The third kappa shape index (κ3) is 4.46. The molecular weight excluding hydrogens is 336 g/mol. The van der Waals surface area contributed by atoms with E-state index in [9.17, 15) is 17.6 Å². The van der Waals surface area contributed by atoms with Crippen LogP contribution in [0.5, 0.6) is 5.75 Å². The fourth-order valence-corrected chi connectivity index (χ4v) is 3.88. The first kappa shape index (κ1) is 18.5. The molecule has 2 fully saturated rings. The largest absolute Gasteiger partial charge is 0.432 e. The van der Waals surface area contributed by atoms with Crippen molar-refractivity contribution in [3.05, 3.63) is 29.8 Å². The van der Waals surface area contributed by atoms with Crippen LogP contribution in [-0.4, -0.2) is 18.8 Å². The molecule has 0 radical (unpaired) electrons. The molecule has 0 N–H and O–H groups in total. The number of halogens is 4. The number of ether oxygens (including phenoxy) is 2. The lowest BCUT2D eigenvalue weighted by Crippen LogP contribution is -2.40. The zero-order valence-corrected chi connectivity index (χ0v) is 14.3. The molecule has 1 aliphatic carbocycles. The van der Waals surface area contributed by atoms with Crippen molar-refractivity contribution in [1.82, 2.24) is 0 Å². The molecule has 2 unspecified atom stereocenters. The van der Waals surface area contributed by atoms with Crippen LogP contribution in [0.25, 0.3) is 0 Å². The van der Waals surface area contributed by atoms with E-state index in [2.05, 4.69) is 6.92 Å². The van der Waals surface area contributed by atoms with Crippen molar-refractivity contribution < 1.29 is 27.0 Å². The van der Waals surface area contributed by atoms with Crippen LogP contribution in [0.4, 0.5) is 17.6 Å². The van der Waals surface area contributed by atoms with Gasteiger partial charge < -0.3 is 9.47 Å². The van der Waals surface area contributed by atoms with Crippen molar-refractivity contribution in [2.24, 2.45) is 17.8 Å². The molecule has 0 amide bonds. The Hall–Kier alpha value is -1.30. The standard InChI is InChI=1S/C19H24F4O2/c1-12-2-9-18(24-11-12)13-3-5-14(6-4-13)19(22,23)25-15-7-8-16(20)17(21)10-15/h7-8,10,12-14,18H,2-6,9,11H2,1H3. The van der Waals surface area contributed by atoms with Crippen molar-refractivity contribution in [3.63, 3.8) is 0 Å². The van der Waals surface area contributed by atoms with Crippen LogP contribution in [0.2, 0.25) is 0 Å². The lowest BCUT2D eigenvalue weighted by atomic mass is 9.77. The molecule has 25 heavy (non-hydrogen) atoms. The third-order valence-corrected chi connectivity index (χ3v) is 5.46. The molecule has 140 valence electrons. The number of hydrogen-bond donors (Lipinski definition) is 0. The quantitative estimate of drug-likeness (QED) is 0.655. The maximum atomic E-state index is 14.4. The van der Waals surface area contributed by atoms with Gasteiger partial charge in [-0.1, -0.05) is 6.92 Å². The maximum absolute atomic E-state index is 14.4. The number of rotatable bonds is 4. The Balaban J connectivity index is 1.54. The molecule has 3 rings (SSSR count). The van der Waals surface area contributed by atoms with Gasteiger partial charge in [0.1, 0.15) is 5.75 Å². The first-order chi connectivity index (χ1) is 11.8. The maximum Gasteiger partial charge on any atom is 0.400 e. The minimum atomic E-state index is -3.39. The summed E-state index contributed by atoms with van der Waals surface area (Å²) in [6, 6.07) is 2.47. The number of alkyl halides is 2. The number of benzene rings is 1. The monoisotopic (exact) mass is 360 g/mol. The Kier molecular flexibility index (Phi) is 5.56. The van der Waals surface area contributed by atoms with E-state index in [1.807, 2.05) is 0 Å². The molecule has 1 saturated heterocycles. The first-order valence-corrected chi connectivity index (χ1v) is 8.98. The van der Waals surface area contributed by atoms with Crippen molar-refractivity contribution in [2.45, 2.75) is 57.7 Å². The van der Waals surface area contributed by atoms with Gasteiger partial charge in [-0.05, 0) is 62.5 Å². The van der Waals surface area contributed by atoms with Gasteiger partial charge in [-0.15, -0.1) is 0 Å². The van der Waals surface area contributed by atoms with Gasteiger partial charge in [-0.3, -0.25) is 0 Å². The summed E-state index contributed by atoms with van der Waals surface area (Å²) >= 11 is 0. The molecule has 6 heteroatoms. The molecule has 1 aromatic carbocycles. The van der Waals surface area contributed by atoms with E-state index in [-0.39, 0.29) is 11.9 Å². The summed E-state index contributed by atoms with van der Waals surface area (Å²) in [7, 11) is 0. The summed E-state index contributed by atoms with van der Waals surface area (Å²) in [5.74, 6) is -2.65. The van der Waals surface area contributed by atoms with Crippen LogP contribution < -0.4 is 4.74 Å². The molecule has 1 heterocycles. The van der Waals surface area contributed by atoms with E-state index in [0.717, 1.165) is 31.6 Å². The van der Waals surface area contributed by atoms with Gasteiger partial charge >= 0.3 is 6.11 Å². The second-order valence-corrected chi connectivity index (χ2v) is 7.41. The van der Waals surface area contributed by atoms with Crippen molar-refractivity contribution in [3.8, 4) is 5.75 Å². The molecule has 0 spiro atoms. The lowest BCUT2D eigenvalue weighted by Gasteiger charge is -2.38. The summed E-state index contributed by atoms with van der Waals surface area (Å²) < 4.78 is 65.4. The smallest absolute Gasteiger partial charge is 0.400 e. The van der Waals surface area contributed by atoms with E-state index in [1.165, 1.54) is 0 Å². The summed E-state index contributed by atoms with van der Waals surface area (Å²) in [4.78, 5) is 0. The fourth-order valence-electron chi connectivity index (χ4n) is 3.88. The number of hydrogen-bond acceptors (Lipinski definition) is 2. The van der Waals surface area contributed by atoms with Gasteiger partial charge in [-0.2, -0.15) is 8.78 Å². The van der Waals surface area contributed by atoms with Crippen molar-refractivity contribution in [2.75, 3.05) is 6.61 Å². The van der Waals surface area contributed by atoms with E-state index in [0.29, 0.717) is 43.6 Å². The third-order valence-electron chi connectivity index (χ3n) is 5.46. The van der Waals surface area contributed by atoms with E-state index >= 15 is 0 Å². The molecule has 2 aliphatic rings. The highest BCUT2D eigenvalue weighted by molar-refractivity contribution is 5.24. The summed E-state index contributed by atoms with van der Waals surface area (Å²) in [6.07, 6.45) is 0.960. The van der Waals surface area contributed by atoms with Crippen LogP contribution in [0.1, 0.15) is 45.4 Å². The van der Waals surface area contributed by atoms with Gasteiger partial charge in [0, 0.05) is 12.7 Å². The Labute approximate surface area is 145 Å². The van der Waals surface area contributed by atoms with Crippen LogP contribution in [-0.2, 0) is 4.74 Å². The highest BCUT2D eigenvalue weighted by Gasteiger charge is 2.45. The molecule has 1 saturated carbocycles. The van der Waals surface area contributed by atoms with Gasteiger partial charge in [0.2, 0.25) is 0 Å². The van der Waals surface area contributed by atoms with E-state index < -0.39 is 23.7 Å². The van der Waals surface area contributed by atoms with E-state index in [1.54, 1.807) is 0 Å². The first-order valence-electron chi connectivity index (χ1n) is 8.98. The van der Waals surface area contributed by atoms with Crippen molar-refractivity contribution in [1.29, 1.82) is 0 Å². The molecule has 0 bridgehead atoms. The summed E-state index contributed by atoms with van der Waals surface area (Å²) in [5, 5.41) is 0. The lowest BCUT2D eigenvalue weighted by molar-refractivity contribution is -0.225. The Morgan fingerprint density at radius 1 is 1.00 bits per heavy atom. The summed E-state index contributed by atoms with van der Waals surface area (Å²) in [6.45, 7) is 2.91. The van der Waals surface area contributed by atoms with Gasteiger partial charge in [0.15, 0.2) is 11.6 Å². The Bertz CT molecular complexity index is 577. The highest BCUT2D eigenvalue weighted by Crippen LogP contribution is 2.42. The molecule has 1 aromatic rings. The average Bonchev–Trinajstić information content (AvgIpc) is 2.59. The van der Waals surface area contributed by atoms with Crippen LogP contribution in [0, 0.1) is 29.4 Å². The summed E-state index contributed by atoms with van der Waals surface area (Å²) in [5.41, 5.74) is 0. The Morgan fingerprint density at radius 2 is 1.72 bits per heavy atom. The van der Waals surface area contributed by atoms with Gasteiger partial charge in [-0.25, -0.2) is 8.78 Å². The fraction of sp³-hybridized carbons (Fsp3) is 0.684. The molecule has 2 nitrogen and oxygen atoms in total. The zero-order chi connectivity index (χ0) is 18.0. The Morgan fingerprint density at radius 3 is 2.32 bits per heavy atom. The minimum absolute atomic E-state index is 0.179. The molecular formula is C19H24F4O2. The average molecular weight is 360 g/mol. The topological polar surface area (TPSA) is 18.5 Å². The van der Waals surface area contributed by atoms with Crippen LogP contribution in [0.15, 0.2) is 18.2 Å². The SMILES string of the molecule is CC1CCC(C2CCC(C(F)(F)Oc3ccc(F)c(F)c3)CC2)OC1. The van der Waals surface area contributed by atoms with Crippen LogP contribution >= 0.6 is 0 Å². The van der Waals surface area contributed by atoms with Crippen molar-refractivity contribution >= 4 is 0 Å². The van der Waals surface area contributed by atoms with Gasteiger partial charge in [0.05, 0.1) is 12.0 Å². The molecule has 1 aliphatic heterocycles. The van der Waals surface area contributed by atoms with Crippen LogP contribution in [0.3, 0.4) is 0 Å². The highest BCUT2D eigenvalue weighted by atomic mass is 19.3. The molecule has 0 aromatic heterocycles. The second kappa shape index (κ2) is 7.52. The normalized spacial score (nSPS) is 30.9.